The highest BCUT2D eigenvalue weighted by Crippen LogP contribution is 2.20. The molecule has 0 spiro atoms. The number of rotatable bonds is 4. The highest BCUT2D eigenvalue weighted by atomic mass is 79.9. The van der Waals surface area contributed by atoms with Gasteiger partial charge >= 0.3 is 0 Å². The second-order valence-corrected chi connectivity index (χ2v) is 6.88. The summed E-state index contributed by atoms with van der Waals surface area (Å²) in [5, 5.41) is 8.39. The average molecular weight is 431 g/mol. The van der Waals surface area contributed by atoms with Crippen LogP contribution >= 0.6 is 15.9 Å². The largest absolute Gasteiger partial charge is 0.287 e. The molecule has 0 aliphatic heterocycles. The number of aryl methyl sites for hydroxylation is 2. The molecule has 3 aromatic rings. The van der Waals surface area contributed by atoms with Crippen molar-refractivity contribution in [1.29, 1.82) is 0 Å². The average Bonchev–Trinajstić information content (AvgIpc) is 3.19. The second-order valence-electron chi connectivity index (χ2n) is 6.09. The van der Waals surface area contributed by atoms with Crippen LogP contribution in [-0.4, -0.2) is 31.4 Å². The Morgan fingerprint density at radius 1 is 1.07 bits per heavy atom. The quantitative estimate of drug-likeness (QED) is 0.619. The van der Waals surface area contributed by atoms with Gasteiger partial charge in [0.05, 0.1) is 22.4 Å². The van der Waals surface area contributed by atoms with E-state index in [4.69, 9.17) is 0 Å². The van der Waals surface area contributed by atoms with Crippen molar-refractivity contribution in [2.24, 2.45) is 7.05 Å². The molecule has 2 amide bonds. The maximum Gasteiger partial charge on any atom is 0.287 e. The van der Waals surface area contributed by atoms with E-state index in [0.29, 0.717) is 17.8 Å². The molecule has 0 aliphatic rings. The second kappa shape index (κ2) is 7.75. The third-order valence-corrected chi connectivity index (χ3v) is 5.33. The van der Waals surface area contributed by atoms with Gasteiger partial charge in [0.15, 0.2) is 0 Å². The Bertz CT molecular complexity index is 990. The van der Waals surface area contributed by atoms with Crippen LogP contribution in [0.1, 0.15) is 37.8 Å². The van der Waals surface area contributed by atoms with Crippen molar-refractivity contribution in [3.8, 4) is 0 Å². The predicted molar refractivity (Wildman–Crippen MR) is 103 cm³/mol. The topological polar surface area (TPSA) is 93.8 Å². The van der Waals surface area contributed by atoms with Gasteiger partial charge in [-0.15, -0.1) is 0 Å². The monoisotopic (exact) mass is 430 g/mol. The van der Waals surface area contributed by atoms with Crippen LogP contribution in [-0.2, 0) is 13.6 Å². The molecule has 0 saturated heterocycles. The Balaban J connectivity index is 1.61. The molecule has 1 aromatic carbocycles. The molecule has 27 heavy (non-hydrogen) atoms. The maximum absolute atomic E-state index is 12.2. The number of halogens is 1. The summed E-state index contributed by atoms with van der Waals surface area (Å²) < 4.78 is 4.33. The number of nitrogens with zero attached hydrogens (tertiary/aromatic N) is 4. The van der Waals surface area contributed by atoms with Crippen LogP contribution in [0.5, 0.6) is 0 Å². The molecule has 8 nitrogen and oxygen atoms in total. The Morgan fingerprint density at radius 2 is 1.74 bits per heavy atom. The molecule has 0 unspecified atom stereocenters. The van der Waals surface area contributed by atoms with Crippen LogP contribution in [0.15, 0.2) is 41.0 Å². The molecular weight excluding hydrogens is 412 g/mol. The highest BCUT2D eigenvalue weighted by molar-refractivity contribution is 9.10. The Labute approximate surface area is 164 Å². The fourth-order valence-electron chi connectivity index (χ4n) is 2.61. The summed E-state index contributed by atoms with van der Waals surface area (Å²) in [6.45, 7) is 4.55. The van der Waals surface area contributed by atoms with Crippen molar-refractivity contribution in [3.63, 3.8) is 0 Å². The molecule has 0 atom stereocenters. The fraction of sp³-hybridized carbons (Fsp3) is 0.222. The molecule has 0 aliphatic carbocycles. The van der Waals surface area contributed by atoms with Crippen molar-refractivity contribution in [1.82, 2.24) is 30.4 Å². The van der Waals surface area contributed by atoms with Crippen LogP contribution in [0.4, 0.5) is 0 Å². The Kier molecular flexibility index (Phi) is 5.41. The lowest BCUT2D eigenvalue weighted by Gasteiger charge is -2.09. The van der Waals surface area contributed by atoms with Gasteiger partial charge in [-0.1, -0.05) is 12.1 Å². The van der Waals surface area contributed by atoms with E-state index in [1.807, 2.05) is 30.7 Å². The molecule has 0 fully saturated rings. The van der Waals surface area contributed by atoms with Crippen molar-refractivity contribution < 1.29 is 9.59 Å². The van der Waals surface area contributed by atoms with Crippen molar-refractivity contribution >= 4 is 27.7 Å². The summed E-state index contributed by atoms with van der Waals surface area (Å²) in [4.78, 5) is 24.2. The van der Waals surface area contributed by atoms with Gasteiger partial charge in [0.1, 0.15) is 5.69 Å². The van der Waals surface area contributed by atoms with Gasteiger partial charge in [0, 0.05) is 18.8 Å². The van der Waals surface area contributed by atoms with E-state index in [9.17, 15) is 9.59 Å². The van der Waals surface area contributed by atoms with E-state index in [2.05, 4.69) is 37.0 Å². The van der Waals surface area contributed by atoms with Crippen molar-refractivity contribution in [3.05, 3.63) is 69.2 Å². The number of aromatic nitrogens is 4. The summed E-state index contributed by atoms with van der Waals surface area (Å²) in [6, 6.07) is 8.71. The van der Waals surface area contributed by atoms with Gasteiger partial charge in [0.25, 0.3) is 11.8 Å². The first-order valence-corrected chi connectivity index (χ1v) is 9.03. The minimum atomic E-state index is -0.435. The van der Waals surface area contributed by atoms with Gasteiger partial charge in [-0.2, -0.15) is 10.2 Å². The van der Waals surface area contributed by atoms with Gasteiger partial charge in [-0.3, -0.25) is 29.8 Å². The van der Waals surface area contributed by atoms with Gasteiger partial charge in [0.2, 0.25) is 0 Å². The van der Waals surface area contributed by atoms with E-state index in [-0.39, 0.29) is 0 Å². The number of amides is 2. The summed E-state index contributed by atoms with van der Waals surface area (Å²) in [6.07, 6.45) is 1.51. The lowest BCUT2D eigenvalue weighted by Crippen LogP contribution is -2.42. The van der Waals surface area contributed by atoms with Crippen molar-refractivity contribution in [2.75, 3.05) is 0 Å². The van der Waals surface area contributed by atoms with E-state index < -0.39 is 11.8 Å². The number of benzene rings is 1. The molecule has 9 heteroatoms. The summed E-state index contributed by atoms with van der Waals surface area (Å²) in [7, 11) is 1.65. The first kappa shape index (κ1) is 18.8. The lowest BCUT2D eigenvalue weighted by molar-refractivity contribution is 0.0841. The zero-order valence-electron chi connectivity index (χ0n) is 15.2. The van der Waals surface area contributed by atoms with Crippen LogP contribution in [0.2, 0.25) is 0 Å². The predicted octanol–water partition coefficient (Wildman–Crippen LogP) is 2.12. The summed E-state index contributed by atoms with van der Waals surface area (Å²) >= 11 is 3.52. The standard InChI is InChI=1S/C18H19BrN6O2/c1-11-16(19)12(2)25(23-11)10-13-4-6-14(7-5-13)17(26)21-22-18(27)15-8-9-20-24(15)3/h4-9H,10H2,1-3H3,(H,21,26)(H,22,27). The SMILES string of the molecule is Cc1nn(Cc2ccc(C(=O)NNC(=O)c3ccnn3C)cc2)c(C)c1Br. The van der Waals surface area contributed by atoms with Crippen LogP contribution in [0, 0.1) is 13.8 Å². The van der Waals surface area contributed by atoms with E-state index >= 15 is 0 Å². The number of hydrogen-bond donors (Lipinski definition) is 2. The first-order valence-electron chi connectivity index (χ1n) is 8.24. The highest BCUT2D eigenvalue weighted by Gasteiger charge is 2.12. The zero-order valence-corrected chi connectivity index (χ0v) is 16.7. The lowest BCUT2D eigenvalue weighted by atomic mass is 10.1. The molecule has 2 aromatic heterocycles. The number of nitrogens with one attached hydrogen (secondary N) is 2. The summed E-state index contributed by atoms with van der Waals surface area (Å²) in [5.41, 5.74) is 8.57. The van der Waals surface area contributed by atoms with Crippen LogP contribution < -0.4 is 10.9 Å². The maximum atomic E-state index is 12.2. The van der Waals surface area contributed by atoms with E-state index in [0.717, 1.165) is 21.4 Å². The molecular formula is C18H19BrN6O2. The molecule has 3 rings (SSSR count). The Hall–Kier alpha value is -2.94. The Morgan fingerprint density at radius 3 is 2.30 bits per heavy atom. The molecule has 2 heterocycles. The summed E-state index contributed by atoms with van der Waals surface area (Å²) in [5.74, 6) is -0.832. The van der Waals surface area contributed by atoms with E-state index in [1.54, 1.807) is 25.2 Å². The van der Waals surface area contributed by atoms with Crippen molar-refractivity contribution in [2.45, 2.75) is 20.4 Å². The number of carbonyl (C=O) groups excluding carboxylic acids is 2. The number of carbonyl (C=O) groups is 2. The fourth-order valence-corrected chi connectivity index (χ4v) is 2.89. The zero-order chi connectivity index (χ0) is 19.6. The third-order valence-electron chi connectivity index (χ3n) is 4.18. The van der Waals surface area contributed by atoms with Gasteiger partial charge < -0.3 is 0 Å². The van der Waals surface area contributed by atoms with E-state index in [1.165, 1.54) is 10.9 Å². The molecule has 0 radical (unpaired) electrons. The molecule has 0 saturated carbocycles. The van der Waals surface area contributed by atoms with Crippen LogP contribution in [0.25, 0.3) is 0 Å². The number of hydrazine groups is 1. The van der Waals surface area contributed by atoms with Crippen LogP contribution in [0.3, 0.4) is 0 Å². The minimum absolute atomic E-state index is 0.349. The first-order chi connectivity index (χ1) is 12.9. The normalized spacial score (nSPS) is 10.7. The molecule has 2 N–H and O–H groups in total. The molecule has 0 bridgehead atoms. The molecule has 140 valence electrons. The van der Waals surface area contributed by atoms with Gasteiger partial charge in [-0.05, 0) is 53.5 Å². The van der Waals surface area contributed by atoms with Gasteiger partial charge in [-0.25, -0.2) is 0 Å². The third kappa shape index (κ3) is 4.08. The minimum Gasteiger partial charge on any atom is -0.267 e. The number of hydrogen-bond acceptors (Lipinski definition) is 4. The smallest absolute Gasteiger partial charge is 0.267 e.